The van der Waals surface area contributed by atoms with Crippen LogP contribution in [0.25, 0.3) is 0 Å². The maximum Gasteiger partial charge on any atom is 0.224 e. The highest BCUT2D eigenvalue weighted by atomic mass is 16.2. The molecule has 0 aromatic rings. The number of nitrogens with two attached hydrogens (primary N) is 1. The van der Waals surface area contributed by atoms with E-state index in [0.29, 0.717) is 24.9 Å². The molecule has 1 rings (SSSR count). The van der Waals surface area contributed by atoms with E-state index in [1.807, 2.05) is 4.90 Å². The van der Waals surface area contributed by atoms with Crippen LogP contribution in [0.5, 0.6) is 0 Å². The van der Waals surface area contributed by atoms with Crippen molar-refractivity contribution in [3.05, 3.63) is 0 Å². The summed E-state index contributed by atoms with van der Waals surface area (Å²) in [5.74, 6) is 0.793. The predicted octanol–water partition coefficient (Wildman–Crippen LogP) is 0.982. The van der Waals surface area contributed by atoms with E-state index in [-0.39, 0.29) is 5.91 Å². The molecule has 0 atom stereocenters. The van der Waals surface area contributed by atoms with E-state index in [0.717, 1.165) is 6.54 Å². The second-order valence-electron chi connectivity index (χ2n) is 4.21. The fourth-order valence-electron chi connectivity index (χ4n) is 1.50. The first-order chi connectivity index (χ1) is 6.15. The van der Waals surface area contributed by atoms with Gasteiger partial charge in [-0.25, -0.2) is 0 Å². The normalized spacial score (nSPS) is 16.3. The maximum absolute atomic E-state index is 11.6. The van der Waals surface area contributed by atoms with Gasteiger partial charge in [-0.3, -0.25) is 4.79 Å². The third-order valence-electron chi connectivity index (χ3n) is 2.23. The molecule has 0 aromatic carbocycles. The van der Waals surface area contributed by atoms with Gasteiger partial charge in [-0.05, 0) is 18.8 Å². The number of amides is 1. The summed E-state index contributed by atoms with van der Waals surface area (Å²) in [5.41, 5.74) is 5.37. The van der Waals surface area contributed by atoms with Gasteiger partial charge >= 0.3 is 0 Å². The number of carbonyl (C=O) groups excluding carboxylic acids is 1. The SMILES string of the molecule is CC(C)CN(C(=O)CCN)C1CC1. The van der Waals surface area contributed by atoms with Crippen molar-refractivity contribution in [3.8, 4) is 0 Å². The minimum atomic E-state index is 0.235. The van der Waals surface area contributed by atoms with Crippen LogP contribution >= 0.6 is 0 Å². The molecule has 0 heterocycles. The minimum Gasteiger partial charge on any atom is -0.339 e. The lowest BCUT2D eigenvalue weighted by molar-refractivity contribution is -0.132. The van der Waals surface area contributed by atoms with Crippen molar-refractivity contribution in [3.63, 3.8) is 0 Å². The Balaban J connectivity index is 2.41. The van der Waals surface area contributed by atoms with Crippen LogP contribution < -0.4 is 5.73 Å². The molecule has 13 heavy (non-hydrogen) atoms. The van der Waals surface area contributed by atoms with Crippen LogP contribution in [0.15, 0.2) is 0 Å². The number of hydrogen-bond donors (Lipinski definition) is 1. The van der Waals surface area contributed by atoms with Gasteiger partial charge in [0.15, 0.2) is 0 Å². The molecule has 0 aromatic heterocycles. The molecule has 1 aliphatic carbocycles. The molecule has 1 fully saturated rings. The molecule has 2 N–H and O–H groups in total. The zero-order valence-electron chi connectivity index (χ0n) is 8.62. The molecule has 3 heteroatoms. The lowest BCUT2D eigenvalue weighted by Crippen LogP contribution is -2.37. The Labute approximate surface area is 80.3 Å². The molecule has 0 radical (unpaired) electrons. The zero-order valence-corrected chi connectivity index (χ0v) is 8.62. The lowest BCUT2D eigenvalue weighted by Gasteiger charge is -2.24. The van der Waals surface area contributed by atoms with Gasteiger partial charge in [0, 0.05) is 25.6 Å². The van der Waals surface area contributed by atoms with Crippen LogP contribution in [0, 0.1) is 5.92 Å². The van der Waals surface area contributed by atoms with Gasteiger partial charge in [0.1, 0.15) is 0 Å². The molecule has 0 saturated heterocycles. The Kier molecular flexibility index (Phi) is 3.72. The molecule has 0 bridgehead atoms. The summed E-state index contributed by atoms with van der Waals surface area (Å²) < 4.78 is 0. The number of rotatable bonds is 5. The quantitative estimate of drug-likeness (QED) is 0.692. The predicted molar refractivity (Wildman–Crippen MR) is 53.2 cm³/mol. The van der Waals surface area contributed by atoms with Crippen molar-refractivity contribution < 1.29 is 4.79 Å². The Morgan fingerprint density at radius 1 is 1.54 bits per heavy atom. The summed E-state index contributed by atoms with van der Waals surface area (Å²) >= 11 is 0. The average molecular weight is 184 g/mol. The van der Waals surface area contributed by atoms with Crippen LogP contribution in [-0.4, -0.2) is 29.9 Å². The Hall–Kier alpha value is -0.570. The van der Waals surface area contributed by atoms with Gasteiger partial charge in [0.25, 0.3) is 0 Å². The summed E-state index contributed by atoms with van der Waals surface area (Å²) in [6.45, 7) is 5.65. The molecule has 1 aliphatic rings. The van der Waals surface area contributed by atoms with E-state index >= 15 is 0 Å². The lowest BCUT2D eigenvalue weighted by atomic mass is 10.2. The van der Waals surface area contributed by atoms with Gasteiger partial charge in [0.2, 0.25) is 5.91 Å². The molecular formula is C10H20N2O. The molecule has 76 valence electrons. The fourth-order valence-corrected chi connectivity index (χ4v) is 1.50. The van der Waals surface area contributed by atoms with Gasteiger partial charge in [-0.1, -0.05) is 13.8 Å². The van der Waals surface area contributed by atoms with Crippen LogP contribution in [-0.2, 0) is 4.79 Å². The van der Waals surface area contributed by atoms with Crippen molar-refractivity contribution in [2.75, 3.05) is 13.1 Å². The number of nitrogens with zero attached hydrogens (tertiary/aromatic N) is 1. The van der Waals surface area contributed by atoms with E-state index in [2.05, 4.69) is 13.8 Å². The first kappa shape index (κ1) is 10.5. The van der Waals surface area contributed by atoms with Crippen LogP contribution in [0.2, 0.25) is 0 Å². The van der Waals surface area contributed by atoms with Crippen molar-refractivity contribution in [2.24, 2.45) is 11.7 Å². The Bertz CT molecular complexity index is 176. The second-order valence-corrected chi connectivity index (χ2v) is 4.21. The topological polar surface area (TPSA) is 46.3 Å². The van der Waals surface area contributed by atoms with E-state index in [4.69, 9.17) is 5.73 Å². The third-order valence-corrected chi connectivity index (χ3v) is 2.23. The molecule has 1 amide bonds. The minimum absolute atomic E-state index is 0.235. The summed E-state index contributed by atoms with van der Waals surface area (Å²) in [6.07, 6.45) is 2.87. The highest BCUT2D eigenvalue weighted by molar-refractivity contribution is 5.77. The van der Waals surface area contributed by atoms with Crippen molar-refractivity contribution in [1.82, 2.24) is 4.90 Å². The zero-order chi connectivity index (χ0) is 9.84. The Morgan fingerprint density at radius 2 is 2.15 bits per heavy atom. The largest absolute Gasteiger partial charge is 0.339 e. The van der Waals surface area contributed by atoms with Crippen LogP contribution in [0.3, 0.4) is 0 Å². The van der Waals surface area contributed by atoms with Gasteiger partial charge in [0.05, 0.1) is 0 Å². The first-order valence-electron chi connectivity index (χ1n) is 5.14. The Morgan fingerprint density at radius 3 is 2.54 bits per heavy atom. The van der Waals surface area contributed by atoms with E-state index < -0.39 is 0 Å². The molecule has 0 unspecified atom stereocenters. The maximum atomic E-state index is 11.6. The number of carbonyl (C=O) groups is 1. The molecule has 0 aliphatic heterocycles. The first-order valence-corrected chi connectivity index (χ1v) is 5.14. The standard InChI is InChI=1S/C10H20N2O/c1-8(2)7-12(9-3-4-9)10(13)5-6-11/h8-9H,3-7,11H2,1-2H3. The highest BCUT2D eigenvalue weighted by Gasteiger charge is 2.31. The monoisotopic (exact) mass is 184 g/mol. The highest BCUT2D eigenvalue weighted by Crippen LogP contribution is 2.27. The van der Waals surface area contributed by atoms with Crippen LogP contribution in [0.1, 0.15) is 33.1 Å². The fraction of sp³-hybridized carbons (Fsp3) is 0.900. The molecule has 3 nitrogen and oxygen atoms in total. The van der Waals surface area contributed by atoms with Gasteiger partial charge < -0.3 is 10.6 Å². The smallest absolute Gasteiger partial charge is 0.224 e. The van der Waals surface area contributed by atoms with Crippen molar-refractivity contribution in [1.29, 1.82) is 0 Å². The van der Waals surface area contributed by atoms with Gasteiger partial charge in [-0.15, -0.1) is 0 Å². The summed E-state index contributed by atoms with van der Waals surface area (Å²) in [4.78, 5) is 13.6. The average Bonchev–Trinajstić information content (AvgIpc) is 2.82. The van der Waals surface area contributed by atoms with Crippen molar-refractivity contribution in [2.45, 2.75) is 39.2 Å². The number of hydrogen-bond acceptors (Lipinski definition) is 2. The summed E-state index contributed by atoms with van der Waals surface area (Å²) in [5, 5.41) is 0. The van der Waals surface area contributed by atoms with Crippen molar-refractivity contribution >= 4 is 5.91 Å². The van der Waals surface area contributed by atoms with Crippen LogP contribution in [0.4, 0.5) is 0 Å². The van der Waals surface area contributed by atoms with Gasteiger partial charge in [-0.2, -0.15) is 0 Å². The summed E-state index contributed by atoms with van der Waals surface area (Å²) in [6, 6.07) is 0.529. The molecule has 0 spiro atoms. The second kappa shape index (κ2) is 4.61. The van der Waals surface area contributed by atoms with E-state index in [1.165, 1.54) is 12.8 Å². The molecular weight excluding hydrogens is 164 g/mol. The third kappa shape index (κ3) is 3.35. The van der Waals surface area contributed by atoms with E-state index in [9.17, 15) is 4.79 Å². The van der Waals surface area contributed by atoms with E-state index in [1.54, 1.807) is 0 Å². The molecule has 1 saturated carbocycles. The summed E-state index contributed by atoms with van der Waals surface area (Å²) in [7, 11) is 0.